The van der Waals surface area contributed by atoms with E-state index in [-0.39, 0.29) is 41.2 Å². The van der Waals surface area contributed by atoms with Crippen molar-refractivity contribution in [2.75, 3.05) is 12.1 Å². The third-order valence-electron chi connectivity index (χ3n) is 3.74. The number of amides is 2. The van der Waals surface area contributed by atoms with Crippen molar-refractivity contribution in [2.45, 2.75) is 6.42 Å². The number of fused-ring (bicyclic) bond motifs is 1. The van der Waals surface area contributed by atoms with Crippen molar-refractivity contribution >= 4 is 40.2 Å². The Labute approximate surface area is 175 Å². The van der Waals surface area contributed by atoms with E-state index in [4.69, 9.17) is 9.47 Å². The molecule has 0 radical (unpaired) electrons. The first-order valence-electron chi connectivity index (χ1n) is 8.38. The number of carbonyl (C=O) groups excluding carboxylic acids is 2. The molecule has 3 aromatic rings. The topological polar surface area (TPSA) is 200 Å². The molecule has 0 saturated heterocycles. The average Bonchev–Trinajstić information content (AvgIpc) is 3.49. The summed E-state index contributed by atoms with van der Waals surface area (Å²) in [6.07, 6.45) is 2.14. The molecule has 4 rings (SSSR count). The molecule has 31 heavy (non-hydrogen) atoms. The Bertz CT molecular complexity index is 1180. The van der Waals surface area contributed by atoms with Gasteiger partial charge in [0.25, 0.3) is 11.6 Å². The van der Waals surface area contributed by atoms with E-state index in [9.17, 15) is 19.7 Å². The van der Waals surface area contributed by atoms with Crippen molar-refractivity contribution in [1.29, 1.82) is 0 Å². The van der Waals surface area contributed by atoms with Crippen molar-refractivity contribution in [3.63, 3.8) is 0 Å². The molecular weight excluding hydrogens is 434 g/mol. The zero-order chi connectivity index (χ0) is 21.8. The van der Waals surface area contributed by atoms with E-state index in [0.29, 0.717) is 10.8 Å². The Hall–Kier alpha value is -4.47. The molecule has 2 aromatic heterocycles. The van der Waals surface area contributed by atoms with E-state index in [1.165, 1.54) is 18.5 Å². The molecule has 1 aliphatic rings. The first-order valence-corrected chi connectivity index (χ1v) is 9.20. The molecule has 15 nitrogen and oxygen atoms in total. The monoisotopic (exact) mass is 445 g/mol. The van der Waals surface area contributed by atoms with Crippen LogP contribution in [-0.2, 0) is 11.2 Å². The minimum atomic E-state index is -0.596. The average molecular weight is 445 g/mol. The lowest BCUT2D eigenvalue weighted by atomic mass is 10.1. The van der Waals surface area contributed by atoms with Gasteiger partial charge in [0.05, 0.1) is 29.2 Å². The van der Waals surface area contributed by atoms with Gasteiger partial charge in [-0.3, -0.25) is 30.1 Å². The van der Waals surface area contributed by atoms with Gasteiger partial charge in [-0.25, -0.2) is 10.4 Å². The standard InChI is InChI=1S/C15H11N9O6S/c25-11(3-12-21-23-15(31-12)19-14(26)13-16-5-18-22-13)20-17-4-7-1-9-10(30-6-29-9)2-8(7)24(27)28/h1-2,4-5H,3,6H2,(H,20,25)(H,16,18,22)(H,19,23,26)/b17-4-. The van der Waals surface area contributed by atoms with E-state index >= 15 is 0 Å². The van der Waals surface area contributed by atoms with Gasteiger partial charge >= 0.3 is 0 Å². The van der Waals surface area contributed by atoms with Crippen molar-refractivity contribution < 1.29 is 24.0 Å². The summed E-state index contributed by atoms with van der Waals surface area (Å²) in [5.41, 5.74) is 2.13. The molecule has 3 heterocycles. The van der Waals surface area contributed by atoms with Gasteiger partial charge in [0.1, 0.15) is 11.3 Å². The van der Waals surface area contributed by atoms with Crippen LogP contribution in [0.5, 0.6) is 11.5 Å². The quantitative estimate of drug-likeness (QED) is 0.257. The number of aromatic amines is 1. The third kappa shape index (κ3) is 4.58. The van der Waals surface area contributed by atoms with Crippen molar-refractivity contribution in [3.05, 3.63) is 45.0 Å². The van der Waals surface area contributed by atoms with Gasteiger partial charge in [-0.05, 0) is 6.07 Å². The molecule has 0 spiro atoms. The SMILES string of the molecule is O=C(Cc1nnc(NC(=O)c2ncn[nH]2)s1)N/N=C\c1cc2c(cc1[N+](=O)[O-])OCO2. The molecule has 0 atom stereocenters. The number of nitrogens with one attached hydrogen (secondary N) is 3. The number of nitro benzene ring substituents is 1. The van der Waals surface area contributed by atoms with Gasteiger partial charge in [-0.2, -0.15) is 10.2 Å². The fraction of sp³-hybridized carbons (Fsp3) is 0.133. The molecule has 0 fully saturated rings. The summed E-state index contributed by atoms with van der Waals surface area (Å²) >= 11 is 0.988. The Morgan fingerprint density at radius 1 is 1.32 bits per heavy atom. The number of aromatic nitrogens is 5. The molecular formula is C15H11N9O6S. The number of rotatable bonds is 7. The molecule has 1 aromatic carbocycles. The molecule has 0 unspecified atom stereocenters. The van der Waals surface area contributed by atoms with Gasteiger partial charge in [0.15, 0.2) is 11.5 Å². The van der Waals surface area contributed by atoms with Crippen molar-refractivity contribution in [3.8, 4) is 11.5 Å². The maximum atomic E-state index is 12.1. The highest BCUT2D eigenvalue weighted by Gasteiger charge is 2.22. The number of benzene rings is 1. The molecule has 16 heteroatoms. The maximum absolute atomic E-state index is 12.1. The van der Waals surface area contributed by atoms with Crippen LogP contribution in [0.2, 0.25) is 0 Å². The van der Waals surface area contributed by atoms with E-state index in [2.05, 4.69) is 41.2 Å². The van der Waals surface area contributed by atoms with Crippen LogP contribution in [-0.4, -0.2) is 55.1 Å². The van der Waals surface area contributed by atoms with Crippen molar-refractivity contribution in [1.82, 2.24) is 30.8 Å². The second-order valence-corrected chi connectivity index (χ2v) is 6.84. The second-order valence-electron chi connectivity index (χ2n) is 5.78. The van der Waals surface area contributed by atoms with Crippen molar-refractivity contribution in [2.24, 2.45) is 5.10 Å². The number of nitrogens with zero attached hydrogens (tertiary/aromatic N) is 6. The minimum Gasteiger partial charge on any atom is -0.454 e. The normalized spacial score (nSPS) is 12.1. The van der Waals surface area contributed by atoms with Gasteiger partial charge in [-0.1, -0.05) is 11.3 Å². The molecule has 0 bridgehead atoms. The molecule has 0 aliphatic carbocycles. The lowest BCUT2D eigenvalue weighted by Gasteiger charge is -2.01. The van der Waals surface area contributed by atoms with Crippen LogP contribution in [0.25, 0.3) is 0 Å². The summed E-state index contributed by atoms with van der Waals surface area (Å²) < 4.78 is 10.3. The number of nitro groups is 1. The number of carbonyl (C=O) groups is 2. The number of hydrazone groups is 1. The smallest absolute Gasteiger partial charge is 0.294 e. The number of H-pyrrole nitrogens is 1. The van der Waals surface area contributed by atoms with Gasteiger partial charge in [0.2, 0.25) is 23.7 Å². The lowest BCUT2D eigenvalue weighted by molar-refractivity contribution is -0.385. The fourth-order valence-corrected chi connectivity index (χ4v) is 3.14. The first kappa shape index (κ1) is 19.8. The fourth-order valence-electron chi connectivity index (χ4n) is 2.41. The van der Waals surface area contributed by atoms with Crippen LogP contribution in [0.1, 0.15) is 21.2 Å². The highest BCUT2D eigenvalue weighted by molar-refractivity contribution is 7.15. The van der Waals surface area contributed by atoms with Crippen LogP contribution in [0.15, 0.2) is 23.6 Å². The summed E-state index contributed by atoms with van der Waals surface area (Å²) in [4.78, 5) is 38.2. The van der Waals surface area contributed by atoms with Crippen LogP contribution in [0.4, 0.5) is 10.8 Å². The van der Waals surface area contributed by atoms with Gasteiger partial charge in [0, 0.05) is 0 Å². The molecule has 3 N–H and O–H groups in total. The summed E-state index contributed by atoms with van der Waals surface area (Å²) in [7, 11) is 0. The van der Waals surface area contributed by atoms with E-state index in [0.717, 1.165) is 17.6 Å². The predicted octanol–water partition coefficient (Wildman–Crippen LogP) is 0.238. The van der Waals surface area contributed by atoms with Gasteiger partial charge < -0.3 is 9.47 Å². The zero-order valence-corrected chi connectivity index (χ0v) is 16.1. The second kappa shape index (κ2) is 8.49. The number of hydrogen-bond acceptors (Lipinski definition) is 12. The van der Waals surface area contributed by atoms with Crippen LogP contribution in [0.3, 0.4) is 0 Å². The first-order chi connectivity index (χ1) is 15.0. The Balaban J connectivity index is 1.35. The molecule has 0 saturated carbocycles. The van der Waals surface area contributed by atoms with Gasteiger partial charge in [-0.15, -0.1) is 10.2 Å². The number of anilines is 1. The van der Waals surface area contributed by atoms with E-state index < -0.39 is 16.7 Å². The Morgan fingerprint density at radius 2 is 2.13 bits per heavy atom. The summed E-state index contributed by atoms with van der Waals surface area (Å²) in [6, 6.07) is 2.62. The molecule has 158 valence electrons. The molecule has 1 aliphatic heterocycles. The zero-order valence-electron chi connectivity index (χ0n) is 15.3. The van der Waals surface area contributed by atoms with E-state index in [1.807, 2.05) is 0 Å². The largest absolute Gasteiger partial charge is 0.454 e. The lowest BCUT2D eigenvalue weighted by Crippen LogP contribution is -2.19. The summed E-state index contributed by atoms with van der Waals surface area (Å²) in [6.45, 7) is -0.0352. The van der Waals surface area contributed by atoms with Crippen LogP contribution >= 0.6 is 11.3 Å². The summed E-state index contributed by atoms with van der Waals surface area (Å²) in [5, 5.41) is 31.5. The molecule has 2 amide bonds. The van der Waals surface area contributed by atoms with Crippen LogP contribution < -0.4 is 20.2 Å². The maximum Gasteiger partial charge on any atom is 0.294 e. The number of ether oxygens (including phenoxy) is 2. The number of hydrogen-bond donors (Lipinski definition) is 3. The van der Waals surface area contributed by atoms with E-state index in [1.54, 1.807) is 0 Å². The Kier molecular flexibility index (Phi) is 5.43. The van der Waals surface area contributed by atoms with Crippen LogP contribution in [0, 0.1) is 10.1 Å². The third-order valence-corrected chi connectivity index (χ3v) is 4.58. The summed E-state index contributed by atoms with van der Waals surface area (Å²) in [5.74, 6) is -0.493. The highest BCUT2D eigenvalue weighted by atomic mass is 32.1. The Morgan fingerprint density at radius 3 is 2.87 bits per heavy atom. The minimum absolute atomic E-state index is 0.00133. The predicted molar refractivity (Wildman–Crippen MR) is 103 cm³/mol. The highest BCUT2D eigenvalue weighted by Crippen LogP contribution is 2.37.